The number of rotatable bonds is 2. The second-order valence-electron chi connectivity index (χ2n) is 4.70. The SMILES string of the molecule is COc1cccc(F)c1C1(C)CC(=O)NC1C. The zero-order valence-corrected chi connectivity index (χ0v) is 10.2. The van der Waals surface area contributed by atoms with Crippen molar-refractivity contribution in [2.45, 2.75) is 31.7 Å². The number of carbonyl (C=O) groups is 1. The van der Waals surface area contributed by atoms with Gasteiger partial charge in [0.2, 0.25) is 5.91 Å². The van der Waals surface area contributed by atoms with Gasteiger partial charge in [0.05, 0.1) is 7.11 Å². The summed E-state index contributed by atoms with van der Waals surface area (Å²) >= 11 is 0. The quantitative estimate of drug-likeness (QED) is 0.854. The first-order chi connectivity index (χ1) is 7.99. The lowest BCUT2D eigenvalue weighted by atomic mass is 9.76. The average Bonchev–Trinajstić information content (AvgIpc) is 2.52. The van der Waals surface area contributed by atoms with Crippen LogP contribution in [0.2, 0.25) is 0 Å². The van der Waals surface area contributed by atoms with Gasteiger partial charge >= 0.3 is 0 Å². The van der Waals surface area contributed by atoms with Crippen LogP contribution in [0.15, 0.2) is 18.2 Å². The lowest BCUT2D eigenvalue weighted by molar-refractivity contribution is -0.119. The molecule has 2 unspecified atom stereocenters. The van der Waals surface area contributed by atoms with E-state index in [1.807, 2.05) is 13.8 Å². The summed E-state index contributed by atoms with van der Waals surface area (Å²) in [5.41, 5.74) is -0.0818. The van der Waals surface area contributed by atoms with Crippen molar-refractivity contribution in [3.63, 3.8) is 0 Å². The molecule has 0 aromatic heterocycles. The second-order valence-corrected chi connectivity index (χ2v) is 4.70. The van der Waals surface area contributed by atoms with Gasteiger partial charge in [-0.1, -0.05) is 13.0 Å². The Morgan fingerprint density at radius 1 is 1.53 bits per heavy atom. The highest BCUT2D eigenvalue weighted by atomic mass is 19.1. The lowest BCUT2D eigenvalue weighted by Crippen LogP contribution is -2.36. The Balaban J connectivity index is 2.56. The van der Waals surface area contributed by atoms with Crippen LogP contribution in [0.25, 0.3) is 0 Å². The molecule has 0 radical (unpaired) electrons. The van der Waals surface area contributed by atoms with Crippen molar-refractivity contribution >= 4 is 5.91 Å². The molecule has 1 aromatic carbocycles. The largest absolute Gasteiger partial charge is 0.496 e. The number of benzene rings is 1. The number of amides is 1. The molecule has 4 heteroatoms. The summed E-state index contributed by atoms with van der Waals surface area (Å²) < 4.78 is 19.2. The fourth-order valence-corrected chi connectivity index (χ4v) is 2.47. The molecule has 2 atom stereocenters. The zero-order chi connectivity index (χ0) is 12.6. The highest BCUT2D eigenvalue weighted by molar-refractivity contribution is 5.81. The maximum Gasteiger partial charge on any atom is 0.221 e. The molecule has 1 aliphatic heterocycles. The topological polar surface area (TPSA) is 38.3 Å². The van der Waals surface area contributed by atoms with Crippen LogP contribution in [0.5, 0.6) is 5.75 Å². The summed E-state index contributed by atoms with van der Waals surface area (Å²) in [7, 11) is 1.51. The first-order valence-electron chi connectivity index (χ1n) is 5.61. The number of hydrogen-bond donors (Lipinski definition) is 1. The molecule has 1 N–H and O–H groups in total. The number of halogens is 1. The van der Waals surface area contributed by atoms with Crippen LogP contribution in [0.1, 0.15) is 25.8 Å². The average molecular weight is 237 g/mol. The Labute approximate surface area is 100.0 Å². The van der Waals surface area contributed by atoms with E-state index in [0.717, 1.165) is 0 Å². The number of nitrogens with one attached hydrogen (secondary N) is 1. The number of methoxy groups -OCH3 is 1. The molecule has 1 aliphatic rings. The first-order valence-corrected chi connectivity index (χ1v) is 5.61. The fourth-order valence-electron chi connectivity index (χ4n) is 2.47. The van der Waals surface area contributed by atoms with Crippen LogP contribution >= 0.6 is 0 Å². The molecule has 17 heavy (non-hydrogen) atoms. The van der Waals surface area contributed by atoms with Gasteiger partial charge in [0.1, 0.15) is 11.6 Å². The van der Waals surface area contributed by atoms with Gasteiger partial charge < -0.3 is 10.1 Å². The van der Waals surface area contributed by atoms with Crippen LogP contribution in [0.3, 0.4) is 0 Å². The van der Waals surface area contributed by atoms with E-state index in [1.165, 1.54) is 13.2 Å². The van der Waals surface area contributed by atoms with Crippen LogP contribution < -0.4 is 10.1 Å². The van der Waals surface area contributed by atoms with Gasteiger partial charge in [-0.25, -0.2) is 4.39 Å². The fraction of sp³-hybridized carbons (Fsp3) is 0.462. The highest BCUT2D eigenvalue weighted by Gasteiger charge is 2.45. The van der Waals surface area contributed by atoms with Crippen molar-refractivity contribution in [1.29, 1.82) is 0 Å². The molecule has 0 spiro atoms. The minimum Gasteiger partial charge on any atom is -0.496 e. The maximum atomic E-state index is 14.0. The normalized spacial score (nSPS) is 28.0. The maximum absolute atomic E-state index is 14.0. The Morgan fingerprint density at radius 2 is 2.24 bits per heavy atom. The molecule has 1 amide bonds. The number of ether oxygens (including phenoxy) is 1. The molecule has 1 fully saturated rings. The molecule has 0 bridgehead atoms. The first kappa shape index (κ1) is 11.9. The van der Waals surface area contributed by atoms with E-state index in [9.17, 15) is 9.18 Å². The van der Waals surface area contributed by atoms with Crippen molar-refractivity contribution in [1.82, 2.24) is 5.32 Å². The van der Waals surface area contributed by atoms with Crippen molar-refractivity contribution in [3.8, 4) is 5.75 Å². The van der Waals surface area contributed by atoms with Crippen LogP contribution in [0, 0.1) is 5.82 Å². The van der Waals surface area contributed by atoms with E-state index in [4.69, 9.17) is 4.74 Å². The highest BCUT2D eigenvalue weighted by Crippen LogP contribution is 2.41. The molecule has 1 heterocycles. The Kier molecular flexibility index (Phi) is 2.81. The Hall–Kier alpha value is -1.58. The standard InChI is InChI=1S/C13H16FNO2/c1-8-13(2,7-11(16)15-8)12-9(14)5-4-6-10(12)17-3/h4-6,8H,7H2,1-3H3,(H,15,16). The zero-order valence-electron chi connectivity index (χ0n) is 10.2. The summed E-state index contributed by atoms with van der Waals surface area (Å²) in [6.45, 7) is 3.77. The number of hydrogen-bond acceptors (Lipinski definition) is 2. The van der Waals surface area contributed by atoms with Crippen molar-refractivity contribution in [2.24, 2.45) is 0 Å². The van der Waals surface area contributed by atoms with Gasteiger partial charge in [-0.3, -0.25) is 4.79 Å². The minimum absolute atomic E-state index is 0.0506. The third-order valence-corrected chi connectivity index (χ3v) is 3.63. The van der Waals surface area contributed by atoms with E-state index in [-0.39, 0.29) is 24.2 Å². The molecule has 0 aliphatic carbocycles. The minimum atomic E-state index is -0.562. The lowest BCUT2D eigenvalue weighted by Gasteiger charge is -2.29. The van der Waals surface area contributed by atoms with E-state index in [2.05, 4.69) is 5.32 Å². The van der Waals surface area contributed by atoms with E-state index in [0.29, 0.717) is 11.3 Å². The molecule has 1 saturated heterocycles. The van der Waals surface area contributed by atoms with Gasteiger partial charge in [-0.2, -0.15) is 0 Å². The molecular weight excluding hydrogens is 221 g/mol. The van der Waals surface area contributed by atoms with E-state index < -0.39 is 5.41 Å². The summed E-state index contributed by atoms with van der Waals surface area (Å²) in [6, 6.07) is 4.62. The Bertz CT molecular complexity index is 461. The summed E-state index contributed by atoms with van der Waals surface area (Å²) in [6.07, 6.45) is 0.283. The summed E-state index contributed by atoms with van der Waals surface area (Å²) in [5.74, 6) is 0.122. The van der Waals surface area contributed by atoms with Crippen molar-refractivity contribution < 1.29 is 13.9 Å². The molecule has 1 aromatic rings. The Morgan fingerprint density at radius 3 is 2.76 bits per heavy atom. The molecule has 0 saturated carbocycles. The predicted molar refractivity (Wildman–Crippen MR) is 62.5 cm³/mol. The van der Waals surface area contributed by atoms with Gasteiger partial charge in [0, 0.05) is 23.4 Å². The predicted octanol–water partition coefficient (Wildman–Crippen LogP) is 2.00. The van der Waals surface area contributed by atoms with Crippen LogP contribution in [-0.2, 0) is 10.2 Å². The van der Waals surface area contributed by atoms with E-state index >= 15 is 0 Å². The third kappa shape index (κ3) is 1.77. The van der Waals surface area contributed by atoms with Gasteiger partial charge in [-0.15, -0.1) is 0 Å². The van der Waals surface area contributed by atoms with Crippen LogP contribution in [0.4, 0.5) is 4.39 Å². The number of carbonyl (C=O) groups excluding carboxylic acids is 1. The van der Waals surface area contributed by atoms with Crippen molar-refractivity contribution in [2.75, 3.05) is 7.11 Å². The van der Waals surface area contributed by atoms with Gasteiger partial charge in [-0.05, 0) is 19.1 Å². The molecule has 2 rings (SSSR count). The van der Waals surface area contributed by atoms with Crippen molar-refractivity contribution in [3.05, 3.63) is 29.6 Å². The monoisotopic (exact) mass is 237 g/mol. The van der Waals surface area contributed by atoms with Crippen LogP contribution in [-0.4, -0.2) is 19.1 Å². The second kappa shape index (κ2) is 4.02. The van der Waals surface area contributed by atoms with Gasteiger partial charge in [0.15, 0.2) is 0 Å². The van der Waals surface area contributed by atoms with E-state index in [1.54, 1.807) is 12.1 Å². The molecular formula is C13H16FNO2. The summed E-state index contributed by atoms with van der Waals surface area (Å²) in [4.78, 5) is 11.5. The third-order valence-electron chi connectivity index (χ3n) is 3.63. The smallest absolute Gasteiger partial charge is 0.221 e. The van der Waals surface area contributed by atoms with Gasteiger partial charge in [0.25, 0.3) is 0 Å². The molecule has 92 valence electrons. The molecule has 3 nitrogen and oxygen atoms in total. The summed E-state index contributed by atoms with van der Waals surface area (Å²) in [5, 5.41) is 2.82.